The summed E-state index contributed by atoms with van der Waals surface area (Å²) >= 11 is 0. The van der Waals surface area contributed by atoms with E-state index in [1.165, 1.54) is 0 Å². The van der Waals surface area contributed by atoms with Crippen LogP contribution in [0.25, 0.3) is 0 Å². The molecule has 1 aliphatic heterocycles. The van der Waals surface area contributed by atoms with Crippen molar-refractivity contribution >= 4 is 11.9 Å². The first-order valence-electron chi connectivity index (χ1n) is 7.95. The van der Waals surface area contributed by atoms with Crippen LogP contribution in [-0.2, 0) is 0 Å². The molecule has 8 nitrogen and oxygen atoms in total. The molecule has 1 aromatic carbocycles. The van der Waals surface area contributed by atoms with Gasteiger partial charge in [-0.1, -0.05) is 34.9 Å². The second kappa shape index (κ2) is 6.86. The molecule has 2 aromatic rings. The van der Waals surface area contributed by atoms with Gasteiger partial charge in [0, 0.05) is 11.8 Å². The second-order valence-electron chi connectivity index (χ2n) is 5.99. The number of aromatic nitrogens is 4. The summed E-state index contributed by atoms with van der Waals surface area (Å²) in [7, 11) is 0. The number of primary amides is 1. The summed E-state index contributed by atoms with van der Waals surface area (Å²) < 4.78 is 1.55. The average Bonchev–Trinajstić information content (AvgIpc) is 3.10. The van der Waals surface area contributed by atoms with E-state index in [2.05, 4.69) is 15.5 Å². The minimum atomic E-state index is -0.485. The molecule has 0 saturated heterocycles. The average molecular weight is 340 g/mol. The van der Waals surface area contributed by atoms with Crippen molar-refractivity contribution in [1.82, 2.24) is 20.2 Å². The van der Waals surface area contributed by atoms with Gasteiger partial charge in [-0.3, -0.25) is 4.79 Å². The van der Waals surface area contributed by atoms with E-state index in [0.717, 1.165) is 11.1 Å². The highest BCUT2D eigenvalue weighted by Gasteiger charge is 2.27. The molecule has 0 saturated carbocycles. The molecular formula is C17H20N6O2. The molecule has 1 amide bonds. The molecule has 130 valence electrons. The van der Waals surface area contributed by atoms with Gasteiger partial charge >= 0.3 is 0 Å². The first-order chi connectivity index (χ1) is 12.0. The van der Waals surface area contributed by atoms with Crippen LogP contribution in [0.1, 0.15) is 40.5 Å². The molecule has 1 aliphatic rings. The standard InChI is InChI=1S/C17H20N6O2/c1-11-6-7-13(16(18)25)14(9-11)15-5-3-4-8-22(15)17-19-20-21-23(17)12(2)10-24/h3-9,12,15,24H,10H2,1-2H3,(H2,18,25). The molecule has 8 heteroatoms. The first kappa shape index (κ1) is 16.8. The molecule has 1 aromatic heterocycles. The molecule has 0 aliphatic carbocycles. The Labute approximate surface area is 145 Å². The molecule has 0 bridgehead atoms. The molecular weight excluding hydrogens is 320 g/mol. The Morgan fingerprint density at radius 3 is 2.92 bits per heavy atom. The van der Waals surface area contributed by atoms with E-state index in [9.17, 15) is 9.90 Å². The number of nitrogens with zero attached hydrogens (tertiary/aromatic N) is 5. The first-order valence-corrected chi connectivity index (χ1v) is 7.95. The van der Waals surface area contributed by atoms with Crippen LogP contribution in [0.4, 0.5) is 5.95 Å². The SMILES string of the molecule is Cc1ccc(C(N)=O)c(C2C=CC=CN2c2nnnn2C(C)CO)c1. The smallest absolute Gasteiger partial charge is 0.250 e. The molecule has 0 spiro atoms. The number of amides is 1. The lowest BCUT2D eigenvalue weighted by molar-refractivity contribution is 0.0999. The summed E-state index contributed by atoms with van der Waals surface area (Å²) in [6.07, 6.45) is 7.55. The molecule has 0 radical (unpaired) electrons. The van der Waals surface area contributed by atoms with Gasteiger partial charge in [-0.2, -0.15) is 0 Å². The van der Waals surface area contributed by atoms with Gasteiger partial charge in [0.1, 0.15) is 0 Å². The molecule has 0 fully saturated rings. The van der Waals surface area contributed by atoms with Gasteiger partial charge in [0.25, 0.3) is 5.95 Å². The molecule has 2 atom stereocenters. The summed E-state index contributed by atoms with van der Waals surface area (Å²) in [5, 5.41) is 21.2. The third kappa shape index (κ3) is 3.16. The number of aliphatic hydroxyl groups is 1. The number of anilines is 1. The van der Waals surface area contributed by atoms with Gasteiger partial charge in [0.05, 0.1) is 18.7 Å². The largest absolute Gasteiger partial charge is 0.394 e. The van der Waals surface area contributed by atoms with E-state index in [0.29, 0.717) is 11.5 Å². The van der Waals surface area contributed by atoms with E-state index in [-0.39, 0.29) is 18.7 Å². The predicted molar refractivity (Wildman–Crippen MR) is 92.8 cm³/mol. The quantitative estimate of drug-likeness (QED) is 0.848. The number of tetrazole rings is 1. The second-order valence-corrected chi connectivity index (χ2v) is 5.99. The van der Waals surface area contributed by atoms with Crippen LogP contribution in [0.5, 0.6) is 0 Å². The fourth-order valence-corrected chi connectivity index (χ4v) is 2.81. The Kier molecular flexibility index (Phi) is 4.62. The van der Waals surface area contributed by atoms with Crippen molar-refractivity contribution in [1.29, 1.82) is 0 Å². The fourth-order valence-electron chi connectivity index (χ4n) is 2.81. The van der Waals surface area contributed by atoms with Crippen molar-refractivity contribution in [3.8, 4) is 0 Å². The van der Waals surface area contributed by atoms with E-state index in [1.54, 1.807) is 10.7 Å². The molecule has 3 N–H and O–H groups in total. The topological polar surface area (TPSA) is 110 Å². The van der Waals surface area contributed by atoms with Crippen LogP contribution in [0, 0.1) is 6.92 Å². The van der Waals surface area contributed by atoms with Crippen molar-refractivity contribution in [3.05, 3.63) is 59.3 Å². The Balaban J connectivity index is 2.09. The van der Waals surface area contributed by atoms with Crippen molar-refractivity contribution in [2.45, 2.75) is 25.9 Å². The Morgan fingerprint density at radius 1 is 1.40 bits per heavy atom. The lowest BCUT2D eigenvalue weighted by Crippen LogP contribution is -2.30. The summed E-state index contributed by atoms with van der Waals surface area (Å²) in [4.78, 5) is 13.7. The van der Waals surface area contributed by atoms with E-state index in [4.69, 9.17) is 5.73 Å². The van der Waals surface area contributed by atoms with Gasteiger partial charge in [0.15, 0.2) is 0 Å². The van der Waals surface area contributed by atoms with Gasteiger partial charge < -0.3 is 15.7 Å². The van der Waals surface area contributed by atoms with Crippen molar-refractivity contribution in [3.63, 3.8) is 0 Å². The Morgan fingerprint density at radius 2 is 2.20 bits per heavy atom. The zero-order valence-corrected chi connectivity index (χ0v) is 14.1. The van der Waals surface area contributed by atoms with Crippen molar-refractivity contribution < 1.29 is 9.90 Å². The number of allylic oxidation sites excluding steroid dienone is 2. The van der Waals surface area contributed by atoms with Gasteiger partial charge in [-0.15, -0.1) is 0 Å². The van der Waals surface area contributed by atoms with E-state index < -0.39 is 5.91 Å². The number of rotatable bonds is 5. The van der Waals surface area contributed by atoms with Crippen LogP contribution in [0.3, 0.4) is 0 Å². The lowest BCUT2D eigenvalue weighted by Gasteiger charge is -2.31. The molecule has 2 unspecified atom stereocenters. The van der Waals surface area contributed by atoms with Crippen LogP contribution in [0.15, 0.2) is 42.6 Å². The maximum Gasteiger partial charge on any atom is 0.250 e. The van der Waals surface area contributed by atoms with Gasteiger partial charge in [-0.05, 0) is 42.0 Å². The van der Waals surface area contributed by atoms with Crippen LogP contribution >= 0.6 is 0 Å². The number of benzene rings is 1. The lowest BCUT2D eigenvalue weighted by atomic mass is 9.95. The third-order valence-corrected chi connectivity index (χ3v) is 4.13. The number of nitrogens with two attached hydrogens (primary N) is 1. The highest BCUT2D eigenvalue weighted by atomic mass is 16.3. The van der Waals surface area contributed by atoms with Crippen LogP contribution < -0.4 is 10.6 Å². The van der Waals surface area contributed by atoms with Gasteiger partial charge in [-0.25, -0.2) is 4.68 Å². The van der Waals surface area contributed by atoms with Crippen molar-refractivity contribution in [2.24, 2.45) is 5.73 Å². The predicted octanol–water partition coefficient (Wildman–Crippen LogP) is 1.26. The highest BCUT2D eigenvalue weighted by molar-refractivity contribution is 5.94. The summed E-state index contributed by atoms with van der Waals surface area (Å²) in [6, 6.07) is 4.96. The molecule has 25 heavy (non-hydrogen) atoms. The number of carbonyl (C=O) groups is 1. The number of aryl methyl sites for hydroxylation is 1. The summed E-state index contributed by atoms with van der Waals surface area (Å²) in [5.74, 6) is -0.00898. The molecule has 3 rings (SSSR count). The highest BCUT2D eigenvalue weighted by Crippen LogP contribution is 2.32. The number of carbonyl (C=O) groups excluding carboxylic acids is 1. The number of aliphatic hydroxyl groups excluding tert-OH is 1. The third-order valence-electron chi connectivity index (χ3n) is 4.13. The summed E-state index contributed by atoms with van der Waals surface area (Å²) in [6.45, 7) is 3.69. The zero-order chi connectivity index (χ0) is 18.0. The minimum absolute atomic E-state index is 0.0902. The normalized spacial score (nSPS) is 17.7. The summed E-state index contributed by atoms with van der Waals surface area (Å²) in [5.41, 5.74) is 7.81. The number of hydrogen-bond donors (Lipinski definition) is 2. The maximum atomic E-state index is 11.9. The fraction of sp³-hybridized carbons (Fsp3) is 0.294. The van der Waals surface area contributed by atoms with E-state index in [1.807, 2.05) is 55.3 Å². The Hall–Kier alpha value is -3.00. The monoisotopic (exact) mass is 340 g/mol. The maximum absolute atomic E-state index is 11.9. The van der Waals surface area contributed by atoms with Gasteiger partial charge in [0.2, 0.25) is 5.91 Å². The van der Waals surface area contributed by atoms with Crippen LogP contribution in [-0.4, -0.2) is 37.8 Å². The van der Waals surface area contributed by atoms with E-state index >= 15 is 0 Å². The number of hydrogen-bond acceptors (Lipinski definition) is 6. The van der Waals surface area contributed by atoms with Crippen molar-refractivity contribution in [2.75, 3.05) is 11.5 Å². The van der Waals surface area contributed by atoms with Crippen LogP contribution in [0.2, 0.25) is 0 Å². The minimum Gasteiger partial charge on any atom is -0.394 e. The Bertz CT molecular complexity index is 841. The zero-order valence-electron chi connectivity index (χ0n) is 14.1. The molecule has 2 heterocycles.